The van der Waals surface area contributed by atoms with E-state index in [1.54, 1.807) is 0 Å². The fraction of sp³-hybridized carbons (Fsp3) is 0.0857. The van der Waals surface area contributed by atoms with E-state index in [1.807, 2.05) is 0 Å². The number of halogens is 2. The Morgan fingerprint density at radius 3 is 1.55 bits per heavy atom. The van der Waals surface area contributed by atoms with Gasteiger partial charge in [0.1, 0.15) is 11.5 Å². The molecular formula is C35H24Br2O. The molecule has 0 atom stereocenters. The summed E-state index contributed by atoms with van der Waals surface area (Å²) in [5, 5.41) is 4.82. The second kappa shape index (κ2) is 9.11. The van der Waals surface area contributed by atoms with Crippen LogP contribution in [0, 0.1) is 13.8 Å². The Kier molecular flexibility index (Phi) is 5.68. The normalized spacial score (nSPS) is 12.8. The summed E-state index contributed by atoms with van der Waals surface area (Å²) in [5.41, 5.74) is 8.73. The van der Waals surface area contributed by atoms with Crippen molar-refractivity contribution < 1.29 is 4.74 Å². The molecule has 0 radical (unpaired) electrons. The third-order valence-corrected chi connectivity index (χ3v) is 8.55. The van der Waals surface area contributed by atoms with Crippen molar-refractivity contribution in [2.45, 2.75) is 19.8 Å². The molecule has 0 bridgehead atoms. The Labute approximate surface area is 239 Å². The van der Waals surface area contributed by atoms with Gasteiger partial charge in [-0.05, 0) is 88.5 Å². The molecule has 0 saturated carbocycles. The minimum absolute atomic E-state index is 0.0260. The molecule has 0 aliphatic carbocycles. The summed E-state index contributed by atoms with van der Waals surface area (Å²) in [6.45, 7) is 4.32. The first-order valence-corrected chi connectivity index (χ1v) is 14.3. The highest BCUT2D eigenvalue weighted by Crippen LogP contribution is 2.52. The van der Waals surface area contributed by atoms with Gasteiger partial charge >= 0.3 is 0 Å². The summed E-state index contributed by atoms with van der Waals surface area (Å²) in [7, 11) is 0. The van der Waals surface area contributed by atoms with Gasteiger partial charge in [0, 0.05) is 26.0 Å². The molecule has 184 valence electrons. The molecule has 0 unspecified atom stereocenters. The minimum atomic E-state index is 0.0260. The van der Waals surface area contributed by atoms with E-state index in [-0.39, 0.29) is 5.92 Å². The van der Waals surface area contributed by atoms with Crippen LogP contribution in [0.25, 0.3) is 32.7 Å². The van der Waals surface area contributed by atoms with Gasteiger partial charge < -0.3 is 4.74 Å². The van der Waals surface area contributed by atoms with Gasteiger partial charge in [-0.3, -0.25) is 0 Å². The quantitative estimate of drug-likeness (QED) is 0.187. The van der Waals surface area contributed by atoms with Crippen molar-refractivity contribution >= 4 is 53.4 Å². The number of hydrogen-bond acceptors (Lipinski definition) is 1. The predicted octanol–water partition coefficient (Wildman–Crippen LogP) is 11.1. The predicted molar refractivity (Wildman–Crippen MR) is 166 cm³/mol. The van der Waals surface area contributed by atoms with Crippen LogP contribution < -0.4 is 4.74 Å². The van der Waals surface area contributed by atoms with E-state index in [0.717, 1.165) is 20.4 Å². The number of aryl methyl sites for hydroxylation is 2. The summed E-state index contributed by atoms with van der Waals surface area (Å²) in [6.07, 6.45) is 0. The molecule has 0 fully saturated rings. The first-order chi connectivity index (χ1) is 18.4. The van der Waals surface area contributed by atoms with Gasteiger partial charge in [-0.15, -0.1) is 0 Å². The van der Waals surface area contributed by atoms with Crippen molar-refractivity contribution in [3.63, 3.8) is 0 Å². The molecule has 6 aromatic rings. The Morgan fingerprint density at radius 2 is 1.03 bits per heavy atom. The highest BCUT2D eigenvalue weighted by atomic mass is 79.9. The largest absolute Gasteiger partial charge is 0.457 e. The maximum absolute atomic E-state index is 6.61. The van der Waals surface area contributed by atoms with E-state index in [0.29, 0.717) is 0 Å². The lowest BCUT2D eigenvalue weighted by atomic mass is 9.78. The first kappa shape index (κ1) is 23.7. The first-order valence-electron chi connectivity index (χ1n) is 12.8. The van der Waals surface area contributed by atoms with Gasteiger partial charge in [0.15, 0.2) is 0 Å². The third-order valence-electron chi connectivity index (χ3n) is 7.57. The molecule has 0 amide bonds. The van der Waals surface area contributed by atoms with E-state index in [1.165, 1.54) is 60.5 Å². The molecule has 1 heterocycles. The maximum atomic E-state index is 6.61. The summed E-state index contributed by atoms with van der Waals surface area (Å²) >= 11 is 7.43. The average Bonchev–Trinajstić information content (AvgIpc) is 2.91. The molecule has 1 aliphatic heterocycles. The summed E-state index contributed by atoms with van der Waals surface area (Å²) in [4.78, 5) is 0. The zero-order valence-corrected chi connectivity index (χ0v) is 24.2. The topological polar surface area (TPSA) is 9.23 Å². The lowest BCUT2D eigenvalue weighted by Crippen LogP contribution is -2.13. The van der Waals surface area contributed by atoms with Crippen molar-refractivity contribution in [1.29, 1.82) is 0 Å². The summed E-state index contributed by atoms with van der Waals surface area (Å²) < 4.78 is 8.74. The highest BCUT2D eigenvalue weighted by Gasteiger charge is 2.32. The van der Waals surface area contributed by atoms with Gasteiger partial charge in [-0.1, -0.05) is 110 Å². The molecule has 0 saturated heterocycles. The monoisotopic (exact) mass is 618 g/mol. The highest BCUT2D eigenvalue weighted by molar-refractivity contribution is 9.10. The van der Waals surface area contributed by atoms with E-state index in [4.69, 9.17) is 4.74 Å². The van der Waals surface area contributed by atoms with Crippen molar-refractivity contribution in [1.82, 2.24) is 0 Å². The van der Waals surface area contributed by atoms with Gasteiger partial charge in [-0.2, -0.15) is 0 Å². The van der Waals surface area contributed by atoms with Crippen molar-refractivity contribution in [3.05, 3.63) is 140 Å². The maximum Gasteiger partial charge on any atom is 0.132 e. The van der Waals surface area contributed by atoms with Crippen LogP contribution in [-0.2, 0) is 0 Å². The van der Waals surface area contributed by atoms with Gasteiger partial charge in [0.25, 0.3) is 0 Å². The number of ether oxygens (including phenoxy) is 1. The fourth-order valence-corrected chi connectivity index (χ4v) is 6.69. The lowest BCUT2D eigenvalue weighted by molar-refractivity contribution is 0.456. The minimum Gasteiger partial charge on any atom is -0.457 e. The molecule has 1 nitrogen and oxygen atoms in total. The van der Waals surface area contributed by atoms with E-state index in [2.05, 4.69) is 149 Å². The second-order valence-electron chi connectivity index (χ2n) is 10.2. The Hall–Kier alpha value is -3.40. The van der Waals surface area contributed by atoms with Gasteiger partial charge in [0.2, 0.25) is 0 Å². The molecule has 0 aromatic heterocycles. The van der Waals surface area contributed by atoms with Crippen LogP contribution in [0.5, 0.6) is 11.5 Å². The van der Waals surface area contributed by atoms with Gasteiger partial charge in [-0.25, -0.2) is 0 Å². The number of fused-ring (bicyclic) bond motifs is 6. The van der Waals surface area contributed by atoms with Crippen LogP contribution in [0.3, 0.4) is 0 Å². The second-order valence-corrected chi connectivity index (χ2v) is 12.1. The van der Waals surface area contributed by atoms with Crippen LogP contribution in [0.15, 0.2) is 112 Å². The molecule has 38 heavy (non-hydrogen) atoms. The Balaban J connectivity index is 1.50. The average molecular weight is 620 g/mol. The molecule has 0 N–H and O–H groups in total. The zero-order chi connectivity index (χ0) is 26.0. The molecule has 1 aliphatic rings. The molecule has 7 rings (SSSR count). The van der Waals surface area contributed by atoms with Crippen LogP contribution in [0.1, 0.15) is 33.7 Å². The SMILES string of the molecule is Cc1cc(C)cc(-c2ccc(C3c4c(ccc5ccc(Br)cc45)Oc4ccc5ccc(Br)cc5c43)cc2)c1. The Bertz CT molecular complexity index is 1770. The van der Waals surface area contributed by atoms with E-state index in [9.17, 15) is 0 Å². The zero-order valence-electron chi connectivity index (χ0n) is 21.1. The van der Waals surface area contributed by atoms with E-state index >= 15 is 0 Å². The lowest BCUT2D eigenvalue weighted by Gasteiger charge is -2.31. The summed E-state index contributed by atoms with van der Waals surface area (Å²) in [5.74, 6) is 1.86. The molecule has 0 spiro atoms. The molecular weight excluding hydrogens is 596 g/mol. The van der Waals surface area contributed by atoms with Crippen molar-refractivity contribution in [3.8, 4) is 22.6 Å². The molecule has 3 heteroatoms. The van der Waals surface area contributed by atoms with Gasteiger partial charge in [0.05, 0.1) is 0 Å². The van der Waals surface area contributed by atoms with Crippen LogP contribution in [0.2, 0.25) is 0 Å². The number of rotatable bonds is 2. The number of hydrogen-bond donors (Lipinski definition) is 0. The number of benzene rings is 6. The third kappa shape index (κ3) is 3.97. The van der Waals surface area contributed by atoms with Crippen LogP contribution >= 0.6 is 31.9 Å². The van der Waals surface area contributed by atoms with Crippen LogP contribution in [-0.4, -0.2) is 0 Å². The van der Waals surface area contributed by atoms with Crippen LogP contribution in [0.4, 0.5) is 0 Å². The van der Waals surface area contributed by atoms with Crippen molar-refractivity contribution in [2.24, 2.45) is 0 Å². The fourth-order valence-electron chi connectivity index (χ4n) is 5.97. The standard InChI is InChI=1S/C35H24Br2O/c1-20-15-21(2)17-26(16-20)22-3-5-25(6-4-22)33-34-29-18-27(36)11-7-23(29)9-13-31(34)38-32-14-10-24-8-12-28(37)19-30(24)35(32)33/h3-19,33H,1-2H3. The smallest absolute Gasteiger partial charge is 0.132 e. The Morgan fingerprint density at radius 1 is 0.526 bits per heavy atom. The van der Waals surface area contributed by atoms with Crippen molar-refractivity contribution in [2.75, 3.05) is 0 Å². The summed E-state index contributed by atoms with van der Waals surface area (Å²) in [6, 6.07) is 37.4. The molecule has 6 aromatic carbocycles. The van der Waals surface area contributed by atoms with E-state index < -0.39 is 0 Å².